The Morgan fingerprint density at radius 3 is 2.47 bits per heavy atom. The van der Waals surface area contributed by atoms with Crippen molar-refractivity contribution < 1.29 is 4.79 Å². The Bertz CT molecular complexity index is 562. The van der Waals surface area contributed by atoms with Crippen LogP contribution in [-0.4, -0.2) is 23.9 Å². The van der Waals surface area contributed by atoms with E-state index in [0.29, 0.717) is 21.0 Å². The van der Waals surface area contributed by atoms with Gasteiger partial charge in [0.1, 0.15) is 0 Å². The van der Waals surface area contributed by atoms with Gasteiger partial charge in [0, 0.05) is 17.6 Å². The van der Waals surface area contributed by atoms with Gasteiger partial charge in [0.2, 0.25) is 0 Å². The van der Waals surface area contributed by atoms with Crippen molar-refractivity contribution in [3.05, 3.63) is 33.8 Å². The number of hydrogen-bond donors (Lipinski definition) is 0. The van der Waals surface area contributed by atoms with Crippen LogP contribution in [0.1, 0.15) is 41.6 Å². The number of rotatable bonds is 1. The van der Waals surface area contributed by atoms with Crippen LogP contribution < -0.4 is 0 Å². The van der Waals surface area contributed by atoms with Crippen LogP contribution in [0.25, 0.3) is 0 Å². The van der Waals surface area contributed by atoms with Crippen LogP contribution in [0.3, 0.4) is 0 Å². The molecule has 2 aliphatic rings. The highest BCUT2D eigenvalue weighted by Crippen LogP contribution is 2.53. The van der Waals surface area contributed by atoms with Gasteiger partial charge in [-0.1, -0.05) is 0 Å². The molecule has 1 aromatic rings. The maximum absolute atomic E-state index is 12.5. The molecule has 19 heavy (non-hydrogen) atoms. The summed E-state index contributed by atoms with van der Waals surface area (Å²) in [5.74, 6) is 0.0758. The van der Waals surface area contributed by atoms with Crippen molar-refractivity contribution in [3.63, 3.8) is 0 Å². The van der Waals surface area contributed by atoms with Crippen LogP contribution in [0.15, 0.2) is 22.7 Å². The third-order valence-corrected chi connectivity index (χ3v) is 5.05. The number of hydrogen-bond acceptors (Lipinski definition) is 2. The third-order valence-electron chi connectivity index (χ3n) is 4.40. The fourth-order valence-corrected chi connectivity index (χ4v) is 3.34. The minimum absolute atomic E-state index is 0.0758. The van der Waals surface area contributed by atoms with Gasteiger partial charge in [0.15, 0.2) is 0 Å². The van der Waals surface area contributed by atoms with E-state index in [4.69, 9.17) is 5.26 Å². The number of amides is 1. The number of likely N-dealkylation sites (tertiary alicyclic amines) is 1. The van der Waals surface area contributed by atoms with Gasteiger partial charge in [0.05, 0.1) is 17.2 Å². The first-order chi connectivity index (χ1) is 9.13. The SMILES string of the molecule is N#Cc1ccc(C(=O)N2CCC3(CC2)CC3)c(Br)c1. The fraction of sp³-hybridized carbons (Fsp3) is 0.467. The lowest BCUT2D eigenvalue weighted by molar-refractivity contribution is 0.0677. The Hall–Kier alpha value is -1.34. The van der Waals surface area contributed by atoms with E-state index < -0.39 is 0 Å². The average molecular weight is 319 g/mol. The second-order valence-electron chi connectivity index (χ2n) is 5.60. The Morgan fingerprint density at radius 2 is 1.95 bits per heavy atom. The molecule has 1 aliphatic heterocycles. The first-order valence-electron chi connectivity index (χ1n) is 6.63. The predicted molar refractivity (Wildman–Crippen MR) is 75.7 cm³/mol. The Labute approximate surface area is 121 Å². The molecular formula is C15H15BrN2O. The van der Waals surface area contributed by atoms with Crippen molar-refractivity contribution in [1.82, 2.24) is 4.90 Å². The molecule has 3 nitrogen and oxygen atoms in total. The molecule has 1 saturated heterocycles. The third kappa shape index (κ3) is 2.40. The molecule has 1 amide bonds. The number of nitriles is 1. The van der Waals surface area contributed by atoms with Gasteiger partial charge in [-0.3, -0.25) is 4.79 Å². The van der Waals surface area contributed by atoms with E-state index in [9.17, 15) is 4.79 Å². The molecule has 98 valence electrons. The van der Waals surface area contributed by atoms with E-state index in [0.717, 1.165) is 25.9 Å². The van der Waals surface area contributed by atoms with Gasteiger partial charge < -0.3 is 4.90 Å². The highest BCUT2D eigenvalue weighted by Gasteiger charge is 2.45. The monoisotopic (exact) mass is 318 g/mol. The molecule has 1 saturated carbocycles. The van der Waals surface area contributed by atoms with Gasteiger partial charge in [-0.2, -0.15) is 5.26 Å². The van der Waals surface area contributed by atoms with Crippen LogP contribution in [-0.2, 0) is 0 Å². The Morgan fingerprint density at radius 1 is 1.26 bits per heavy atom. The molecule has 1 heterocycles. The van der Waals surface area contributed by atoms with Gasteiger partial charge >= 0.3 is 0 Å². The quantitative estimate of drug-likeness (QED) is 0.797. The van der Waals surface area contributed by atoms with E-state index in [-0.39, 0.29) is 5.91 Å². The highest BCUT2D eigenvalue weighted by atomic mass is 79.9. The maximum atomic E-state index is 12.5. The number of nitrogens with zero attached hydrogens (tertiary/aromatic N) is 2. The summed E-state index contributed by atoms with van der Waals surface area (Å²) in [6.07, 6.45) is 4.98. The molecule has 0 atom stereocenters. The molecule has 3 rings (SSSR count). The summed E-state index contributed by atoms with van der Waals surface area (Å²) in [5.41, 5.74) is 1.81. The van der Waals surface area contributed by atoms with Crippen LogP contribution in [0.4, 0.5) is 0 Å². The lowest BCUT2D eigenvalue weighted by atomic mass is 9.93. The van der Waals surface area contributed by atoms with Crippen molar-refractivity contribution in [1.29, 1.82) is 5.26 Å². The molecule has 1 spiro atoms. The first kappa shape index (κ1) is 12.7. The van der Waals surface area contributed by atoms with Crippen molar-refractivity contribution >= 4 is 21.8 Å². The average Bonchev–Trinajstić information content (AvgIpc) is 3.18. The van der Waals surface area contributed by atoms with Crippen molar-refractivity contribution in [2.75, 3.05) is 13.1 Å². The summed E-state index contributed by atoms with van der Waals surface area (Å²) in [7, 11) is 0. The van der Waals surface area contributed by atoms with Crippen molar-refractivity contribution in [2.24, 2.45) is 5.41 Å². The molecule has 0 bridgehead atoms. The summed E-state index contributed by atoms with van der Waals surface area (Å²) in [6.45, 7) is 1.73. The Balaban J connectivity index is 1.75. The number of carbonyl (C=O) groups is 1. The summed E-state index contributed by atoms with van der Waals surface area (Å²) >= 11 is 3.39. The molecule has 0 N–H and O–H groups in total. The molecular weight excluding hydrogens is 304 g/mol. The maximum Gasteiger partial charge on any atom is 0.254 e. The van der Waals surface area contributed by atoms with Gasteiger partial charge in [-0.05, 0) is 65.2 Å². The summed E-state index contributed by atoms with van der Waals surface area (Å²) in [4.78, 5) is 14.4. The van der Waals surface area contributed by atoms with E-state index in [1.54, 1.807) is 18.2 Å². The lowest BCUT2D eigenvalue weighted by Gasteiger charge is -2.32. The minimum atomic E-state index is 0.0758. The van der Waals surface area contributed by atoms with Crippen molar-refractivity contribution in [3.8, 4) is 6.07 Å². The lowest BCUT2D eigenvalue weighted by Crippen LogP contribution is -2.39. The van der Waals surface area contributed by atoms with Gasteiger partial charge in [-0.25, -0.2) is 0 Å². The molecule has 1 aromatic carbocycles. The zero-order valence-electron chi connectivity index (χ0n) is 10.7. The summed E-state index contributed by atoms with van der Waals surface area (Å²) < 4.78 is 0.711. The van der Waals surface area contributed by atoms with E-state index in [1.165, 1.54) is 12.8 Å². The Kier molecular flexibility index (Phi) is 3.10. The smallest absolute Gasteiger partial charge is 0.254 e. The second kappa shape index (κ2) is 4.64. The molecule has 4 heteroatoms. The molecule has 1 aliphatic carbocycles. The van der Waals surface area contributed by atoms with Crippen molar-refractivity contribution in [2.45, 2.75) is 25.7 Å². The largest absolute Gasteiger partial charge is 0.339 e. The fourth-order valence-electron chi connectivity index (χ4n) is 2.79. The van der Waals surface area contributed by atoms with Gasteiger partial charge in [-0.15, -0.1) is 0 Å². The zero-order chi connectivity index (χ0) is 13.5. The molecule has 0 aromatic heterocycles. The molecule has 2 fully saturated rings. The summed E-state index contributed by atoms with van der Waals surface area (Å²) in [6, 6.07) is 7.23. The number of carbonyl (C=O) groups excluding carboxylic acids is 1. The topological polar surface area (TPSA) is 44.1 Å². The number of halogens is 1. The number of piperidine rings is 1. The van der Waals surface area contributed by atoms with E-state index >= 15 is 0 Å². The van der Waals surface area contributed by atoms with Crippen LogP contribution in [0.5, 0.6) is 0 Å². The normalized spacial score (nSPS) is 20.1. The second-order valence-corrected chi connectivity index (χ2v) is 6.45. The number of benzene rings is 1. The van der Waals surface area contributed by atoms with Crippen LogP contribution in [0.2, 0.25) is 0 Å². The zero-order valence-corrected chi connectivity index (χ0v) is 12.2. The highest BCUT2D eigenvalue weighted by molar-refractivity contribution is 9.10. The van der Waals surface area contributed by atoms with Crippen LogP contribution >= 0.6 is 15.9 Å². The van der Waals surface area contributed by atoms with E-state index in [2.05, 4.69) is 22.0 Å². The predicted octanol–water partition coefficient (Wildman–Crippen LogP) is 3.34. The minimum Gasteiger partial charge on any atom is -0.339 e. The van der Waals surface area contributed by atoms with E-state index in [1.807, 2.05) is 4.90 Å². The standard InChI is InChI=1S/C15H15BrN2O/c16-13-9-11(10-17)1-2-12(13)14(19)18-7-5-15(3-4-15)6-8-18/h1-2,9H,3-8H2. The van der Waals surface area contributed by atoms with Crippen LogP contribution in [0, 0.1) is 16.7 Å². The van der Waals surface area contributed by atoms with Gasteiger partial charge in [0.25, 0.3) is 5.91 Å². The molecule has 0 radical (unpaired) electrons. The molecule has 0 unspecified atom stereocenters. The first-order valence-corrected chi connectivity index (χ1v) is 7.42. The summed E-state index contributed by atoms with van der Waals surface area (Å²) in [5, 5.41) is 8.84.